The van der Waals surface area contributed by atoms with Crippen molar-refractivity contribution in [2.75, 3.05) is 19.0 Å². The molecule has 0 saturated carbocycles. The Kier molecular flexibility index (Phi) is 6.78. The third kappa shape index (κ3) is 4.31. The molecule has 100 valence electrons. The zero-order valence-electron chi connectivity index (χ0n) is 10.3. The molecule has 0 bridgehead atoms. The van der Waals surface area contributed by atoms with Crippen LogP contribution in [0.2, 0.25) is 0 Å². The minimum absolute atomic E-state index is 0.0733. The van der Waals surface area contributed by atoms with Crippen molar-refractivity contribution in [1.29, 1.82) is 0 Å². The van der Waals surface area contributed by atoms with E-state index in [-0.39, 0.29) is 11.7 Å². The number of unbranched alkanes of at least 4 members (excludes halogenated alkanes) is 1. The van der Waals surface area contributed by atoms with Crippen LogP contribution in [-0.4, -0.2) is 34.9 Å². The average molecular weight is 382 g/mol. The maximum Gasteiger partial charge on any atom is 0.254 e. The van der Waals surface area contributed by atoms with E-state index in [9.17, 15) is 9.90 Å². The second-order valence-electron chi connectivity index (χ2n) is 4.00. The van der Waals surface area contributed by atoms with Crippen molar-refractivity contribution >= 4 is 40.1 Å². The van der Waals surface area contributed by atoms with E-state index in [2.05, 4.69) is 6.92 Å². The second kappa shape index (κ2) is 7.84. The first-order valence-electron chi connectivity index (χ1n) is 5.94. The lowest BCUT2D eigenvalue weighted by Gasteiger charge is -2.21. The molecule has 18 heavy (non-hydrogen) atoms. The van der Waals surface area contributed by atoms with Gasteiger partial charge in [0.25, 0.3) is 5.91 Å². The van der Waals surface area contributed by atoms with Crippen LogP contribution in [0.15, 0.2) is 18.2 Å². The van der Waals surface area contributed by atoms with Gasteiger partial charge in [0.2, 0.25) is 0 Å². The zero-order chi connectivity index (χ0) is 13.5. The molecule has 0 saturated heterocycles. The van der Waals surface area contributed by atoms with E-state index in [0.717, 1.165) is 16.4 Å². The summed E-state index contributed by atoms with van der Waals surface area (Å²) in [7, 11) is 0. The van der Waals surface area contributed by atoms with Crippen LogP contribution in [0, 0.1) is 3.57 Å². The van der Waals surface area contributed by atoms with Crippen molar-refractivity contribution in [3.63, 3.8) is 0 Å². The van der Waals surface area contributed by atoms with Crippen LogP contribution in [0.4, 0.5) is 0 Å². The number of carbonyl (C=O) groups is 1. The largest absolute Gasteiger partial charge is 0.507 e. The molecular weight excluding hydrogens is 365 g/mol. The molecule has 1 N–H and O–H groups in total. The Bertz CT molecular complexity index is 412. The number of halogens is 2. The number of phenolic OH excluding ortho intramolecular Hbond substituents is 1. The van der Waals surface area contributed by atoms with Gasteiger partial charge in [-0.05, 0) is 47.2 Å². The molecule has 0 aliphatic heterocycles. The van der Waals surface area contributed by atoms with Gasteiger partial charge in [-0.2, -0.15) is 0 Å². The number of aromatic hydroxyl groups is 1. The lowest BCUT2D eigenvalue weighted by molar-refractivity contribution is 0.0763. The van der Waals surface area contributed by atoms with Crippen LogP contribution >= 0.6 is 34.2 Å². The van der Waals surface area contributed by atoms with E-state index in [0.29, 0.717) is 24.5 Å². The molecule has 0 fully saturated rings. The van der Waals surface area contributed by atoms with Gasteiger partial charge in [0.1, 0.15) is 5.75 Å². The van der Waals surface area contributed by atoms with Gasteiger partial charge in [-0.1, -0.05) is 13.3 Å². The molecule has 1 rings (SSSR count). The number of benzene rings is 1. The SMILES string of the molecule is CCCCN(CCCl)C(=O)c1ccc(I)c(O)c1. The van der Waals surface area contributed by atoms with Gasteiger partial charge in [0.05, 0.1) is 3.57 Å². The van der Waals surface area contributed by atoms with Gasteiger partial charge >= 0.3 is 0 Å². The van der Waals surface area contributed by atoms with Crippen molar-refractivity contribution in [2.45, 2.75) is 19.8 Å². The van der Waals surface area contributed by atoms with Crippen molar-refractivity contribution in [2.24, 2.45) is 0 Å². The fourth-order valence-corrected chi connectivity index (χ4v) is 2.13. The van der Waals surface area contributed by atoms with Gasteiger partial charge < -0.3 is 10.0 Å². The topological polar surface area (TPSA) is 40.5 Å². The Morgan fingerprint density at radius 1 is 1.44 bits per heavy atom. The summed E-state index contributed by atoms with van der Waals surface area (Å²) in [5, 5.41) is 9.63. The number of phenols is 1. The number of nitrogens with zero attached hydrogens (tertiary/aromatic N) is 1. The summed E-state index contributed by atoms with van der Waals surface area (Å²) in [5.41, 5.74) is 0.508. The van der Waals surface area contributed by atoms with E-state index >= 15 is 0 Å². The van der Waals surface area contributed by atoms with E-state index in [1.54, 1.807) is 17.0 Å². The Morgan fingerprint density at radius 3 is 2.72 bits per heavy atom. The van der Waals surface area contributed by atoms with Crippen molar-refractivity contribution in [1.82, 2.24) is 4.90 Å². The fourth-order valence-electron chi connectivity index (χ4n) is 1.59. The summed E-state index contributed by atoms with van der Waals surface area (Å²) in [6.07, 6.45) is 1.99. The number of alkyl halides is 1. The number of hydrogen-bond acceptors (Lipinski definition) is 2. The molecule has 0 unspecified atom stereocenters. The highest BCUT2D eigenvalue weighted by Crippen LogP contribution is 2.21. The number of rotatable bonds is 6. The van der Waals surface area contributed by atoms with Gasteiger partial charge in [-0.25, -0.2) is 0 Å². The van der Waals surface area contributed by atoms with E-state index < -0.39 is 0 Å². The van der Waals surface area contributed by atoms with Gasteiger partial charge in [-0.3, -0.25) is 4.79 Å². The van der Waals surface area contributed by atoms with Crippen LogP contribution in [0.1, 0.15) is 30.1 Å². The number of carbonyl (C=O) groups excluding carboxylic acids is 1. The summed E-state index contributed by atoms with van der Waals surface area (Å²) < 4.78 is 0.738. The van der Waals surface area contributed by atoms with Crippen LogP contribution in [0.5, 0.6) is 5.75 Å². The molecular formula is C13H17ClINO2. The Balaban J connectivity index is 2.83. The molecule has 1 aromatic rings. The highest BCUT2D eigenvalue weighted by atomic mass is 127. The lowest BCUT2D eigenvalue weighted by Crippen LogP contribution is -2.33. The molecule has 0 heterocycles. The summed E-state index contributed by atoms with van der Waals surface area (Å²) in [4.78, 5) is 14.0. The van der Waals surface area contributed by atoms with Crippen LogP contribution in [0.3, 0.4) is 0 Å². The monoisotopic (exact) mass is 381 g/mol. The summed E-state index contributed by atoms with van der Waals surface area (Å²) in [6.45, 7) is 3.32. The Labute approximate surface area is 126 Å². The van der Waals surface area contributed by atoms with Gasteiger partial charge in [0.15, 0.2) is 0 Å². The molecule has 0 aliphatic rings. The maximum absolute atomic E-state index is 12.3. The highest BCUT2D eigenvalue weighted by Gasteiger charge is 2.15. The Hall–Kier alpha value is -0.490. The molecule has 3 nitrogen and oxygen atoms in total. The summed E-state index contributed by atoms with van der Waals surface area (Å²) in [6, 6.07) is 4.98. The maximum atomic E-state index is 12.3. The first-order chi connectivity index (χ1) is 8.60. The van der Waals surface area contributed by atoms with E-state index in [1.165, 1.54) is 6.07 Å². The lowest BCUT2D eigenvalue weighted by atomic mass is 10.2. The minimum Gasteiger partial charge on any atom is -0.507 e. The van der Waals surface area contributed by atoms with E-state index in [1.807, 2.05) is 22.6 Å². The minimum atomic E-state index is -0.0733. The summed E-state index contributed by atoms with van der Waals surface area (Å²) in [5.74, 6) is 0.491. The van der Waals surface area contributed by atoms with Crippen LogP contribution in [0.25, 0.3) is 0 Å². The van der Waals surface area contributed by atoms with Crippen LogP contribution < -0.4 is 0 Å². The van der Waals surface area contributed by atoms with Crippen molar-refractivity contribution < 1.29 is 9.90 Å². The molecule has 5 heteroatoms. The first-order valence-corrected chi connectivity index (χ1v) is 7.55. The molecule has 0 aromatic heterocycles. The smallest absolute Gasteiger partial charge is 0.254 e. The molecule has 1 aromatic carbocycles. The fraction of sp³-hybridized carbons (Fsp3) is 0.462. The third-order valence-electron chi connectivity index (χ3n) is 2.62. The van der Waals surface area contributed by atoms with Gasteiger partial charge in [-0.15, -0.1) is 11.6 Å². The van der Waals surface area contributed by atoms with Crippen molar-refractivity contribution in [3.8, 4) is 5.75 Å². The predicted octanol–water partition coefficient (Wildman–Crippen LogP) is 3.48. The standard InChI is InChI=1S/C13H17ClINO2/c1-2-3-7-16(8-6-14)13(18)10-4-5-11(15)12(17)9-10/h4-5,9,17H,2-3,6-8H2,1H3. The molecule has 0 aliphatic carbocycles. The summed E-state index contributed by atoms with van der Waals surface area (Å²) >= 11 is 7.74. The van der Waals surface area contributed by atoms with Gasteiger partial charge in [0, 0.05) is 24.5 Å². The molecule has 0 spiro atoms. The predicted molar refractivity (Wildman–Crippen MR) is 82.4 cm³/mol. The number of amides is 1. The quantitative estimate of drug-likeness (QED) is 0.605. The zero-order valence-corrected chi connectivity index (χ0v) is 13.2. The average Bonchev–Trinajstić information content (AvgIpc) is 2.37. The number of hydrogen-bond donors (Lipinski definition) is 1. The molecule has 0 radical (unpaired) electrons. The Morgan fingerprint density at radius 2 is 2.17 bits per heavy atom. The van der Waals surface area contributed by atoms with Crippen molar-refractivity contribution in [3.05, 3.63) is 27.3 Å². The molecule has 1 amide bonds. The third-order valence-corrected chi connectivity index (χ3v) is 3.70. The normalized spacial score (nSPS) is 10.4. The van der Waals surface area contributed by atoms with Crippen LogP contribution in [-0.2, 0) is 0 Å². The molecule has 0 atom stereocenters. The highest BCUT2D eigenvalue weighted by molar-refractivity contribution is 14.1. The van der Waals surface area contributed by atoms with E-state index in [4.69, 9.17) is 11.6 Å². The first kappa shape index (κ1) is 15.6. The second-order valence-corrected chi connectivity index (χ2v) is 5.54.